The Hall–Kier alpha value is -1.40. The van der Waals surface area contributed by atoms with Crippen molar-refractivity contribution in [2.24, 2.45) is 7.05 Å². The van der Waals surface area contributed by atoms with Crippen molar-refractivity contribution >= 4 is 28.1 Å². The molecule has 1 aromatic carbocycles. The second-order valence-corrected chi connectivity index (χ2v) is 6.15. The first-order chi connectivity index (χ1) is 9.43. The van der Waals surface area contributed by atoms with Crippen LogP contribution in [0.2, 0.25) is 5.02 Å². The van der Waals surface area contributed by atoms with E-state index in [0.717, 1.165) is 11.8 Å². The molecule has 0 fully saturated rings. The third kappa shape index (κ3) is 2.86. The van der Waals surface area contributed by atoms with Crippen LogP contribution in [0.15, 0.2) is 23.1 Å². The molecule has 1 atom stereocenters. The first-order valence-corrected chi connectivity index (χ1v) is 7.77. The Bertz CT molecular complexity index is 672. The molecule has 0 aliphatic heterocycles. The van der Waals surface area contributed by atoms with Gasteiger partial charge in [0.25, 0.3) is 0 Å². The van der Waals surface area contributed by atoms with Crippen LogP contribution in [-0.4, -0.2) is 14.0 Å². The molecule has 0 radical (unpaired) electrons. The molecule has 1 unspecified atom stereocenters. The first-order valence-electron chi connectivity index (χ1n) is 6.07. The molecule has 2 rings (SSSR count). The summed E-state index contributed by atoms with van der Waals surface area (Å²) in [7, 11) is 0.355. The molecular formula is C13H15ClFN3OS. The van der Waals surface area contributed by atoms with Gasteiger partial charge in [0.2, 0.25) is 0 Å². The Morgan fingerprint density at radius 3 is 2.75 bits per heavy atom. The van der Waals surface area contributed by atoms with Gasteiger partial charge in [0.15, 0.2) is 0 Å². The maximum absolute atomic E-state index is 13.0. The minimum absolute atomic E-state index is 0.178. The molecule has 0 amide bonds. The lowest BCUT2D eigenvalue weighted by atomic mass is 10.3. The van der Waals surface area contributed by atoms with Crippen LogP contribution in [0.5, 0.6) is 0 Å². The van der Waals surface area contributed by atoms with Crippen molar-refractivity contribution in [2.45, 2.75) is 24.0 Å². The highest BCUT2D eigenvalue weighted by Gasteiger charge is 2.17. The number of anilines is 1. The van der Waals surface area contributed by atoms with Crippen molar-refractivity contribution < 1.29 is 8.60 Å². The van der Waals surface area contributed by atoms with Crippen molar-refractivity contribution in [3.8, 4) is 0 Å². The van der Waals surface area contributed by atoms with Gasteiger partial charge in [0.1, 0.15) is 5.82 Å². The topological polar surface area (TPSA) is 60.9 Å². The van der Waals surface area contributed by atoms with E-state index in [2.05, 4.69) is 5.10 Å². The SMILES string of the molecule is CCc1nn(C)c(CS(=O)c2ccc(F)cc2N)c1Cl. The average molecular weight is 316 g/mol. The number of aromatic nitrogens is 2. The van der Waals surface area contributed by atoms with Crippen LogP contribution in [0.4, 0.5) is 10.1 Å². The summed E-state index contributed by atoms with van der Waals surface area (Å²) >= 11 is 6.22. The van der Waals surface area contributed by atoms with E-state index in [4.69, 9.17) is 17.3 Å². The lowest BCUT2D eigenvalue weighted by molar-refractivity contribution is 0.627. The summed E-state index contributed by atoms with van der Waals surface area (Å²) in [5.41, 5.74) is 7.33. The molecule has 0 bridgehead atoms. The van der Waals surface area contributed by atoms with Crippen molar-refractivity contribution in [3.05, 3.63) is 40.4 Å². The van der Waals surface area contributed by atoms with E-state index in [1.807, 2.05) is 6.92 Å². The number of nitrogens with zero attached hydrogens (tertiary/aromatic N) is 2. The standard InChI is InChI=1S/C13H15ClFN3OS/c1-3-10-13(14)11(18(2)17-10)7-20(19)12-5-4-8(15)6-9(12)16/h4-6H,3,7,16H2,1-2H3. The lowest BCUT2D eigenvalue weighted by Gasteiger charge is -2.06. The van der Waals surface area contributed by atoms with Gasteiger partial charge in [-0.25, -0.2) is 4.39 Å². The summed E-state index contributed by atoms with van der Waals surface area (Å²) in [5, 5.41) is 4.80. The Balaban J connectivity index is 2.30. The molecule has 0 saturated heterocycles. The predicted octanol–water partition coefficient (Wildman–Crippen LogP) is 2.67. The van der Waals surface area contributed by atoms with E-state index >= 15 is 0 Å². The Morgan fingerprint density at radius 2 is 2.20 bits per heavy atom. The number of halogens is 2. The Kier molecular flexibility index (Phi) is 4.45. The molecule has 20 heavy (non-hydrogen) atoms. The van der Waals surface area contributed by atoms with E-state index in [1.54, 1.807) is 11.7 Å². The lowest BCUT2D eigenvalue weighted by Crippen LogP contribution is -2.05. The van der Waals surface area contributed by atoms with Gasteiger partial charge in [-0.05, 0) is 24.6 Å². The molecule has 2 aromatic rings. The van der Waals surface area contributed by atoms with Gasteiger partial charge in [-0.2, -0.15) is 5.10 Å². The van der Waals surface area contributed by atoms with E-state index in [-0.39, 0.29) is 11.4 Å². The predicted molar refractivity (Wildman–Crippen MR) is 78.5 cm³/mol. The maximum Gasteiger partial charge on any atom is 0.125 e. The molecule has 1 aromatic heterocycles. The molecule has 1 heterocycles. The van der Waals surface area contributed by atoms with Crippen LogP contribution in [0.25, 0.3) is 0 Å². The fourth-order valence-electron chi connectivity index (χ4n) is 1.91. The van der Waals surface area contributed by atoms with Crippen LogP contribution >= 0.6 is 11.6 Å². The number of rotatable bonds is 4. The summed E-state index contributed by atoms with van der Waals surface area (Å²) < 4.78 is 27.0. The number of nitrogen functional groups attached to an aromatic ring is 1. The van der Waals surface area contributed by atoms with Crippen LogP contribution in [0.1, 0.15) is 18.3 Å². The summed E-state index contributed by atoms with van der Waals surface area (Å²) in [5.74, 6) is -0.256. The number of hydrogen-bond donors (Lipinski definition) is 1. The Labute approximate surface area is 124 Å². The molecule has 0 aliphatic rings. The highest BCUT2D eigenvalue weighted by Crippen LogP contribution is 2.25. The quantitative estimate of drug-likeness (QED) is 0.882. The molecule has 0 spiro atoms. The van der Waals surface area contributed by atoms with Gasteiger partial charge in [-0.15, -0.1) is 0 Å². The zero-order valence-corrected chi connectivity index (χ0v) is 12.8. The minimum atomic E-state index is -1.40. The zero-order chi connectivity index (χ0) is 14.9. The van der Waals surface area contributed by atoms with Crippen LogP contribution in [0, 0.1) is 5.82 Å². The third-order valence-electron chi connectivity index (χ3n) is 2.99. The van der Waals surface area contributed by atoms with E-state index in [9.17, 15) is 8.60 Å². The summed E-state index contributed by atoms with van der Waals surface area (Å²) in [6.07, 6.45) is 0.706. The van der Waals surface area contributed by atoms with Crippen LogP contribution in [0.3, 0.4) is 0 Å². The molecule has 2 N–H and O–H groups in total. The number of aryl methyl sites for hydroxylation is 2. The average Bonchev–Trinajstić information content (AvgIpc) is 2.66. The van der Waals surface area contributed by atoms with Gasteiger partial charge in [-0.3, -0.25) is 8.89 Å². The van der Waals surface area contributed by atoms with Gasteiger partial charge in [0, 0.05) is 7.05 Å². The third-order valence-corrected chi connectivity index (χ3v) is 4.82. The fourth-order valence-corrected chi connectivity index (χ4v) is 3.62. The van der Waals surface area contributed by atoms with Crippen molar-refractivity contribution in [3.63, 3.8) is 0 Å². The summed E-state index contributed by atoms with van der Waals surface area (Å²) in [6, 6.07) is 3.84. The van der Waals surface area contributed by atoms with Crippen molar-refractivity contribution in [2.75, 3.05) is 5.73 Å². The molecule has 4 nitrogen and oxygen atoms in total. The highest BCUT2D eigenvalue weighted by atomic mass is 35.5. The maximum atomic E-state index is 13.0. The van der Waals surface area contributed by atoms with Gasteiger partial charge < -0.3 is 5.73 Å². The molecule has 108 valence electrons. The first kappa shape index (κ1) is 15.0. The normalized spacial score (nSPS) is 12.6. The fraction of sp³-hybridized carbons (Fsp3) is 0.308. The van der Waals surface area contributed by atoms with Crippen molar-refractivity contribution in [1.82, 2.24) is 9.78 Å². The summed E-state index contributed by atoms with van der Waals surface area (Å²) in [4.78, 5) is 0.404. The van der Waals surface area contributed by atoms with Crippen molar-refractivity contribution in [1.29, 1.82) is 0 Å². The van der Waals surface area contributed by atoms with Gasteiger partial charge >= 0.3 is 0 Å². The van der Waals surface area contributed by atoms with Crippen LogP contribution in [-0.2, 0) is 30.0 Å². The second-order valence-electron chi connectivity index (χ2n) is 4.36. The van der Waals surface area contributed by atoms with Gasteiger partial charge in [-0.1, -0.05) is 18.5 Å². The van der Waals surface area contributed by atoms with Gasteiger partial charge in [0.05, 0.1) is 43.5 Å². The van der Waals surface area contributed by atoms with Crippen LogP contribution < -0.4 is 5.73 Å². The smallest absolute Gasteiger partial charge is 0.125 e. The molecule has 0 saturated carbocycles. The van der Waals surface area contributed by atoms with E-state index < -0.39 is 16.6 Å². The number of hydrogen-bond acceptors (Lipinski definition) is 3. The number of benzene rings is 1. The largest absolute Gasteiger partial charge is 0.398 e. The van der Waals surface area contributed by atoms with E-state index in [0.29, 0.717) is 22.0 Å². The monoisotopic (exact) mass is 315 g/mol. The molecule has 0 aliphatic carbocycles. The zero-order valence-electron chi connectivity index (χ0n) is 11.2. The minimum Gasteiger partial charge on any atom is -0.398 e. The Morgan fingerprint density at radius 1 is 1.50 bits per heavy atom. The second kappa shape index (κ2) is 5.93. The molecule has 7 heteroatoms. The molecular weight excluding hydrogens is 301 g/mol. The highest BCUT2D eigenvalue weighted by molar-refractivity contribution is 7.84. The van der Waals surface area contributed by atoms with E-state index in [1.165, 1.54) is 12.1 Å². The summed E-state index contributed by atoms with van der Waals surface area (Å²) in [6.45, 7) is 1.95. The number of nitrogens with two attached hydrogens (primary N) is 1.